The van der Waals surface area contributed by atoms with Gasteiger partial charge in [0, 0.05) is 24.8 Å². The topological polar surface area (TPSA) is 29.3 Å². The van der Waals surface area contributed by atoms with Crippen LogP contribution < -0.4 is 10.6 Å². The molecule has 1 aromatic rings. The van der Waals surface area contributed by atoms with E-state index in [1.807, 2.05) is 13.0 Å². The molecule has 0 aromatic heterocycles. The van der Waals surface area contributed by atoms with E-state index < -0.39 is 0 Å². The van der Waals surface area contributed by atoms with E-state index in [0.717, 1.165) is 44.5 Å². The van der Waals surface area contributed by atoms with E-state index in [1.54, 1.807) is 12.1 Å². The summed E-state index contributed by atoms with van der Waals surface area (Å²) in [6.07, 6.45) is 4.41. The first-order valence-electron chi connectivity index (χ1n) is 6.46. The van der Waals surface area contributed by atoms with Crippen molar-refractivity contribution >= 4 is 5.69 Å². The van der Waals surface area contributed by atoms with Crippen LogP contribution in [-0.2, 0) is 6.42 Å². The van der Waals surface area contributed by atoms with Crippen molar-refractivity contribution in [1.82, 2.24) is 0 Å². The molecule has 0 radical (unpaired) electrons. The van der Waals surface area contributed by atoms with Gasteiger partial charge in [0.05, 0.1) is 0 Å². The van der Waals surface area contributed by atoms with Crippen molar-refractivity contribution < 1.29 is 4.39 Å². The summed E-state index contributed by atoms with van der Waals surface area (Å²) in [5.74, 6) is -0.133. The number of benzene rings is 1. The molecular weight excluding hydrogens is 215 g/mol. The number of hydrogen-bond donors (Lipinski definition) is 1. The van der Waals surface area contributed by atoms with Crippen molar-refractivity contribution in [1.29, 1.82) is 0 Å². The van der Waals surface area contributed by atoms with Gasteiger partial charge in [-0.25, -0.2) is 4.39 Å². The standard InChI is InChI=1S/C14H21FN2/c1-11(16)4-2-3-8-17-9-7-12-5-6-13(15)10-14(12)17/h5-6,10-11H,2-4,7-9,16H2,1H3. The second-order valence-electron chi connectivity index (χ2n) is 4.98. The Morgan fingerprint density at radius 2 is 2.24 bits per heavy atom. The van der Waals surface area contributed by atoms with Gasteiger partial charge in [-0.3, -0.25) is 0 Å². The molecule has 1 aliphatic rings. The Labute approximate surface area is 103 Å². The van der Waals surface area contributed by atoms with E-state index in [1.165, 1.54) is 5.56 Å². The Balaban J connectivity index is 1.86. The molecule has 94 valence electrons. The lowest BCUT2D eigenvalue weighted by Crippen LogP contribution is -2.22. The van der Waals surface area contributed by atoms with Crippen LogP contribution in [0.3, 0.4) is 0 Å². The van der Waals surface area contributed by atoms with Crippen molar-refractivity contribution in [3.8, 4) is 0 Å². The average molecular weight is 236 g/mol. The summed E-state index contributed by atoms with van der Waals surface area (Å²) in [7, 11) is 0. The number of rotatable bonds is 5. The fourth-order valence-corrected chi connectivity index (χ4v) is 2.42. The lowest BCUT2D eigenvalue weighted by Gasteiger charge is -2.19. The Morgan fingerprint density at radius 1 is 1.41 bits per heavy atom. The van der Waals surface area contributed by atoms with Gasteiger partial charge in [0.15, 0.2) is 0 Å². The minimum Gasteiger partial charge on any atom is -0.371 e. The average Bonchev–Trinajstić information content (AvgIpc) is 2.67. The number of halogens is 1. The fraction of sp³-hybridized carbons (Fsp3) is 0.571. The molecular formula is C14H21FN2. The maximum atomic E-state index is 13.2. The molecule has 0 saturated heterocycles. The molecule has 2 nitrogen and oxygen atoms in total. The molecule has 0 saturated carbocycles. The molecule has 17 heavy (non-hydrogen) atoms. The van der Waals surface area contributed by atoms with Gasteiger partial charge >= 0.3 is 0 Å². The zero-order valence-electron chi connectivity index (χ0n) is 10.5. The third kappa shape index (κ3) is 3.19. The van der Waals surface area contributed by atoms with Crippen LogP contribution in [0.1, 0.15) is 31.7 Å². The van der Waals surface area contributed by atoms with Gasteiger partial charge in [-0.05, 0) is 43.9 Å². The smallest absolute Gasteiger partial charge is 0.125 e. The van der Waals surface area contributed by atoms with E-state index >= 15 is 0 Å². The normalized spacial score (nSPS) is 16.1. The summed E-state index contributed by atoms with van der Waals surface area (Å²) in [6, 6.07) is 5.41. The van der Waals surface area contributed by atoms with Crippen LogP contribution in [-0.4, -0.2) is 19.1 Å². The third-order valence-electron chi connectivity index (χ3n) is 3.38. The van der Waals surface area contributed by atoms with E-state index in [4.69, 9.17) is 5.73 Å². The molecule has 1 aliphatic heterocycles. The molecule has 3 heteroatoms. The quantitative estimate of drug-likeness (QED) is 0.796. The second-order valence-corrected chi connectivity index (χ2v) is 4.98. The molecule has 0 spiro atoms. The molecule has 1 atom stereocenters. The summed E-state index contributed by atoms with van der Waals surface area (Å²) in [6.45, 7) is 4.08. The van der Waals surface area contributed by atoms with Crippen LogP contribution in [0.25, 0.3) is 0 Å². The van der Waals surface area contributed by atoms with Gasteiger partial charge in [-0.1, -0.05) is 12.5 Å². The van der Waals surface area contributed by atoms with Crippen molar-refractivity contribution in [3.63, 3.8) is 0 Å². The van der Waals surface area contributed by atoms with Gasteiger partial charge in [0.2, 0.25) is 0 Å². The number of fused-ring (bicyclic) bond motifs is 1. The predicted octanol–water partition coefficient (Wildman–Crippen LogP) is 2.71. The van der Waals surface area contributed by atoms with E-state index in [2.05, 4.69) is 4.90 Å². The summed E-state index contributed by atoms with van der Waals surface area (Å²) in [5, 5.41) is 0. The molecule has 1 heterocycles. The number of hydrogen-bond acceptors (Lipinski definition) is 2. The highest BCUT2D eigenvalue weighted by atomic mass is 19.1. The van der Waals surface area contributed by atoms with E-state index in [-0.39, 0.29) is 5.82 Å². The highest BCUT2D eigenvalue weighted by Crippen LogP contribution is 2.28. The third-order valence-corrected chi connectivity index (χ3v) is 3.38. The minimum atomic E-state index is -0.133. The molecule has 0 bridgehead atoms. The van der Waals surface area contributed by atoms with Crippen LogP contribution in [0.4, 0.5) is 10.1 Å². The first-order valence-corrected chi connectivity index (χ1v) is 6.46. The number of unbranched alkanes of at least 4 members (excludes halogenated alkanes) is 1. The Morgan fingerprint density at radius 3 is 3.00 bits per heavy atom. The maximum absolute atomic E-state index is 13.2. The SMILES string of the molecule is CC(N)CCCCN1CCc2ccc(F)cc21. The first-order chi connectivity index (χ1) is 8.16. The van der Waals surface area contributed by atoms with Crippen molar-refractivity contribution in [2.24, 2.45) is 5.73 Å². The second kappa shape index (κ2) is 5.50. The van der Waals surface area contributed by atoms with Crippen LogP contribution >= 0.6 is 0 Å². The predicted molar refractivity (Wildman–Crippen MR) is 69.8 cm³/mol. The molecule has 1 unspecified atom stereocenters. The van der Waals surface area contributed by atoms with Crippen molar-refractivity contribution in [2.75, 3.05) is 18.0 Å². The fourth-order valence-electron chi connectivity index (χ4n) is 2.42. The van der Waals surface area contributed by atoms with Gasteiger partial charge in [0.1, 0.15) is 5.82 Å². The lowest BCUT2D eigenvalue weighted by molar-refractivity contribution is 0.591. The zero-order chi connectivity index (χ0) is 12.3. The van der Waals surface area contributed by atoms with Gasteiger partial charge in [0.25, 0.3) is 0 Å². The van der Waals surface area contributed by atoms with Crippen LogP contribution in [0.5, 0.6) is 0 Å². The molecule has 0 fully saturated rings. The Kier molecular flexibility index (Phi) is 4.00. The summed E-state index contributed by atoms with van der Waals surface area (Å²) >= 11 is 0. The first kappa shape index (κ1) is 12.4. The molecule has 2 rings (SSSR count). The monoisotopic (exact) mass is 236 g/mol. The highest BCUT2D eigenvalue weighted by molar-refractivity contribution is 5.57. The van der Waals surface area contributed by atoms with Crippen molar-refractivity contribution in [2.45, 2.75) is 38.6 Å². The van der Waals surface area contributed by atoms with Gasteiger partial charge in [-0.2, -0.15) is 0 Å². The number of anilines is 1. The van der Waals surface area contributed by atoms with Crippen molar-refractivity contribution in [3.05, 3.63) is 29.6 Å². The lowest BCUT2D eigenvalue weighted by atomic mass is 10.1. The summed E-state index contributed by atoms with van der Waals surface area (Å²) in [4.78, 5) is 2.29. The summed E-state index contributed by atoms with van der Waals surface area (Å²) in [5.41, 5.74) is 8.09. The molecule has 0 aliphatic carbocycles. The van der Waals surface area contributed by atoms with Crippen LogP contribution in [0.15, 0.2) is 18.2 Å². The van der Waals surface area contributed by atoms with E-state index in [0.29, 0.717) is 6.04 Å². The number of nitrogens with two attached hydrogens (primary N) is 1. The Hall–Kier alpha value is -1.09. The molecule has 1 aromatic carbocycles. The van der Waals surface area contributed by atoms with Crippen LogP contribution in [0.2, 0.25) is 0 Å². The number of nitrogens with zero attached hydrogens (tertiary/aromatic N) is 1. The van der Waals surface area contributed by atoms with E-state index in [9.17, 15) is 4.39 Å². The van der Waals surface area contributed by atoms with Gasteiger partial charge < -0.3 is 10.6 Å². The summed E-state index contributed by atoms with van der Waals surface area (Å²) < 4.78 is 13.2. The van der Waals surface area contributed by atoms with Gasteiger partial charge in [-0.15, -0.1) is 0 Å². The zero-order valence-corrected chi connectivity index (χ0v) is 10.5. The minimum absolute atomic E-state index is 0.133. The molecule has 0 amide bonds. The molecule has 2 N–H and O–H groups in total. The largest absolute Gasteiger partial charge is 0.371 e. The Bertz CT molecular complexity index is 376. The van der Waals surface area contributed by atoms with Crippen LogP contribution in [0, 0.1) is 5.82 Å². The highest BCUT2D eigenvalue weighted by Gasteiger charge is 2.18. The maximum Gasteiger partial charge on any atom is 0.125 e.